The second-order valence-corrected chi connectivity index (χ2v) is 26.0. The largest absolute Gasteiger partial charge is 0.455 e. The molecule has 112 heavy (non-hydrogen) atoms. The molecule has 0 aliphatic heterocycles. The molecule has 0 fully saturated rings. The minimum absolute atomic E-state index is 0.249. The highest BCUT2D eigenvalue weighted by atomic mass is 19.1. The zero-order valence-corrected chi connectivity index (χ0v) is 62.1. The molecule has 14 aromatic rings. The molecule has 16 heteroatoms. The zero-order chi connectivity index (χ0) is 78.2. The summed E-state index contributed by atoms with van der Waals surface area (Å²) in [5.74, 6) is 2.68. The molecule has 0 aliphatic carbocycles. The van der Waals surface area contributed by atoms with Crippen molar-refractivity contribution in [2.24, 2.45) is 0 Å². The number of amides is 4. The van der Waals surface area contributed by atoms with Crippen LogP contribution in [0.3, 0.4) is 0 Å². The van der Waals surface area contributed by atoms with Crippen molar-refractivity contribution in [3.05, 3.63) is 386 Å². The van der Waals surface area contributed by atoms with Crippen LogP contribution in [-0.2, 0) is 45.2 Å². The quantitative estimate of drug-likeness (QED) is 0.0492. The highest BCUT2D eigenvalue weighted by molar-refractivity contribution is 5.99. The van der Waals surface area contributed by atoms with E-state index < -0.39 is 50.3 Å². The summed E-state index contributed by atoms with van der Waals surface area (Å²) in [6.07, 6.45) is 0.631. The first kappa shape index (κ1) is 79.4. The average molecular weight is 1500 g/mol. The molecule has 0 bridgehead atoms. The minimum atomic E-state index is -1.08. The van der Waals surface area contributed by atoms with Crippen LogP contribution in [0.5, 0.6) is 46.0 Å². The number of para-hydroxylation sites is 12. The number of carbonyl (C=O) groups is 4. The smallest absolute Gasteiger partial charge is 0.258 e. The first-order chi connectivity index (χ1) is 54.9. The summed E-state index contributed by atoms with van der Waals surface area (Å²) < 4.78 is 77.2. The topological polar surface area (TPSA) is 118 Å². The Labute approximate surface area is 650 Å². The highest BCUT2D eigenvalue weighted by Gasteiger charge is 2.25. The van der Waals surface area contributed by atoms with Gasteiger partial charge in [0, 0.05) is 6.54 Å². The van der Waals surface area contributed by atoms with Gasteiger partial charge in [0.2, 0.25) is 0 Å². The van der Waals surface area contributed by atoms with Crippen LogP contribution >= 0.6 is 0 Å². The van der Waals surface area contributed by atoms with E-state index in [-0.39, 0.29) is 19.6 Å². The lowest BCUT2D eigenvalue weighted by Gasteiger charge is -2.25. The van der Waals surface area contributed by atoms with Crippen LogP contribution in [0.25, 0.3) is 21.5 Å². The van der Waals surface area contributed by atoms with Gasteiger partial charge in [-0.25, -0.2) is 17.6 Å². The molecule has 0 N–H and O–H groups in total. The fourth-order valence-corrected chi connectivity index (χ4v) is 12.3. The van der Waals surface area contributed by atoms with E-state index in [4.69, 9.17) is 18.9 Å². The van der Waals surface area contributed by atoms with E-state index in [1.165, 1.54) is 25.2 Å². The van der Waals surface area contributed by atoms with E-state index in [0.717, 1.165) is 43.8 Å². The fourth-order valence-electron chi connectivity index (χ4n) is 12.3. The summed E-state index contributed by atoms with van der Waals surface area (Å²) in [4.78, 5) is 55.4. The van der Waals surface area contributed by atoms with Crippen LogP contribution in [0.1, 0.15) is 47.6 Å². The second-order valence-electron chi connectivity index (χ2n) is 26.0. The van der Waals surface area contributed by atoms with Gasteiger partial charge in [0.05, 0.1) is 42.4 Å². The number of rotatable bonds is 26. The Bertz CT molecular complexity index is 5310. The van der Waals surface area contributed by atoms with Crippen molar-refractivity contribution in [3.8, 4) is 46.0 Å². The minimum Gasteiger partial charge on any atom is -0.455 e. The molecule has 564 valence electrons. The van der Waals surface area contributed by atoms with Gasteiger partial charge in [-0.2, -0.15) is 0 Å². The summed E-state index contributed by atoms with van der Waals surface area (Å²) in [5, 5.41) is 4.30. The molecule has 0 saturated heterocycles. The number of hydrogen-bond donors (Lipinski definition) is 0. The van der Waals surface area contributed by atoms with E-state index in [1.807, 2.05) is 309 Å². The van der Waals surface area contributed by atoms with Gasteiger partial charge in [0.15, 0.2) is 49.7 Å². The van der Waals surface area contributed by atoms with E-state index in [2.05, 4.69) is 13.8 Å². The van der Waals surface area contributed by atoms with Crippen molar-refractivity contribution in [2.45, 2.75) is 45.8 Å². The molecule has 0 heterocycles. The van der Waals surface area contributed by atoms with Gasteiger partial charge in [0.25, 0.3) is 23.6 Å². The second kappa shape index (κ2) is 41.1. The third-order valence-corrected chi connectivity index (χ3v) is 18.0. The molecule has 0 radical (unpaired) electrons. The first-order valence-electron chi connectivity index (χ1n) is 36.7. The van der Waals surface area contributed by atoms with E-state index in [0.29, 0.717) is 87.6 Å². The number of anilines is 4. The molecule has 0 atom stereocenters. The Kier molecular flexibility index (Phi) is 29.2. The number of benzene rings is 14. The Morgan fingerprint density at radius 3 is 1.03 bits per heavy atom. The van der Waals surface area contributed by atoms with Crippen molar-refractivity contribution in [2.75, 3.05) is 52.8 Å². The van der Waals surface area contributed by atoms with Gasteiger partial charge in [-0.05, 0) is 165 Å². The summed E-state index contributed by atoms with van der Waals surface area (Å²) in [5.41, 5.74) is 7.28. The van der Waals surface area contributed by atoms with Crippen molar-refractivity contribution in [1.29, 1.82) is 0 Å². The maximum atomic E-state index is 13.5. The summed E-state index contributed by atoms with van der Waals surface area (Å²) >= 11 is 0. The number of carbonyl (C=O) groups excluding carboxylic acids is 4. The normalized spacial score (nSPS) is 10.6. The highest BCUT2D eigenvalue weighted by Crippen LogP contribution is 2.39. The molecule has 4 amide bonds. The van der Waals surface area contributed by atoms with E-state index in [9.17, 15) is 36.7 Å². The SMILES string of the molecule is CC(C)c1ccc(CN(C(=O)CF)c2ccccc2Oc2ccccc2)cc1.O=C(CF)N(CCc1ccccc1)c1ccccc1Oc1ccccc1.O=C(CF)N(Cc1ccc2ccccc2c1)c1ccccc1Oc1ccccc1.O=C(CF)N(Cc1cccc2ccccc12)c1ccccc1Oc1ccccc1. The number of halogens is 4. The van der Waals surface area contributed by atoms with Crippen LogP contribution in [0.2, 0.25) is 0 Å². The van der Waals surface area contributed by atoms with Crippen LogP contribution in [-0.4, -0.2) is 56.9 Å². The molecule has 0 unspecified atom stereocenters. The lowest BCUT2D eigenvalue weighted by atomic mass is 10.0. The zero-order valence-electron chi connectivity index (χ0n) is 62.1. The molecular weight excluding hydrogens is 1410 g/mol. The number of alkyl halides is 4. The van der Waals surface area contributed by atoms with Crippen molar-refractivity contribution in [3.63, 3.8) is 0 Å². The molecule has 12 nitrogen and oxygen atoms in total. The predicted molar refractivity (Wildman–Crippen MR) is 440 cm³/mol. The van der Waals surface area contributed by atoms with Crippen LogP contribution in [0, 0.1) is 0 Å². The van der Waals surface area contributed by atoms with Gasteiger partial charge >= 0.3 is 0 Å². The predicted octanol–water partition coefficient (Wildman–Crippen LogP) is 23.4. The number of nitrogens with zero attached hydrogens (tertiary/aromatic N) is 4. The van der Waals surface area contributed by atoms with Crippen molar-refractivity contribution >= 4 is 67.9 Å². The third kappa shape index (κ3) is 22.3. The Hall–Kier alpha value is -13.6. The first-order valence-corrected chi connectivity index (χ1v) is 36.7. The maximum absolute atomic E-state index is 13.5. The van der Waals surface area contributed by atoms with Gasteiger partial charge in [-0.15, -0.1) is 0 Å². The van der Waals surface area contributed by atoms with Crippen molar-refractivity contribution < 1.29 is 55.7 Å². The monoisotopic (exact) mass is 1500 g/mol. The fraction of sp³-hybridized carbons (Fsp3) is 0.125. The number of ether oxygens (including phenoxy) is 4. The summed E-state index contributed by atoms with van der Waals surface area (Å²) in [7, 11) is 0. The van der Waals surface area contributed by atoms with Gasteiger partial charge in [-0.1, -0.05) is 269 Å². The Morgan fingerprint density at radius 1 is 0.286 bits per heavy atom. The molecular formula is C96H84F4N4O8. The van der Waals surface area contributed by atoms with Crippen molar-refractivity contribution in [1.82, 2.24) is 0 Å². The molecule has 14 rings (SSSR count). The third-order valence-electron chi connectivity index (χ3n) is 18.0. The number of fused-ring (bicyclic) bond motifs is 2. The molecule has 0 spiro atoms. The molecule has 0 aliphatic rings. The van der Waals surface area contributed by atoms with E-state index >= 15 is 0 Å². The van der Waals surface area contributed by atoms with Crippen LogP contribution < -0.4 is 38.5 Å². The van der Waals surface area contributed by atoms with Gasteiger partial charge < -0.3 is 38.5 Å². The lowest BCUT2D eigenvalue weighted by Crippen LogP contribution is -2.34. The Balaban J connectivity index is 0.000000148. The standard InChI is InChI=1S/2C25H20FNO2.C24H24FNO2.C22H20FNO2/c26-17-25(28)27(18-20-11-8-10-19-9-4-5-14-22(19)20)23-15-6-7-16-24(23)29-21-12-2-1-3-13-21;26-17-25(28)27(18-19-14-15-20-8-4-5-9-21(20)16-19)23-12-6-7-13-24(23)29-22-10-2-1-3-11-22;1-18(2)20-14-12-19(13-15-20)17-26(24(27)16-25)22-10-6-7-11-23(22)28-21-8-4-3-5-9-21;23-17-22(25)24(16-15-18-9-3-1-4-10-18)20-13-7-8-14-21(20)26-19-11-5-2-6-12-19/h2*1-16H,17-18H2;3-15,18H,16-17H2,1-2H3;1-14H,15-17H2. The molecule has 0 aromatic heterocycles. The molecule has 0 saturated carbocycles. The lowest BCUT2D eigenvalue weighted by molar-refractivity contribution is -0.120. The summed E-state index contributed by atoms with van der Waals surface area (Å²) in [6, 6.07) is 112. The average Bonchev–Trinajstić information content (AvgIpc) is 0.846. The molecule has 14 aromatic carbocycles. The Morgan fingerprint density at radius 2 is 0.607 bits per heavy atom. The van der Waals surface area contributed by atoms with E-state index in [1.54, 1.807) is 48.5 Å². The summed E-state index contributed by atoms with van der Waals surface area (Å²) in [6.45, 7) is 1.15. The van der Waals surface area contributed by atoms with Gasteiger partial charge in [-0.3, -0.25) is 19.2 Å². The van der Waals surface area contributed by atoms with Crippen LogP contribution in [0.4, 0.5) is 40.3 Å². The number of hydrogen-bond acceptors (Lipinski definition) is 8. The van der Waals surface area contributed by atoms with Crippen LogP contribution in [0.15, 0.2) is 358 Å². The van der Waals surface area contributed by atoms with Gasteiger partial charge in [0.1, 0.15) is 23.0 Å². The maximum Gasteiger partial charge on any atom is 0.258 e.